The highest BCUT2D eigenvalue weighted by molar-refractivity contribution is 5.79. The maximum absolute atomic E-state index is 12.4. The molecule has 1 unspecified atom stereocenters. The van der Waals surface area contributed by atoms with Gasteiger partial charge < -0.3 is 0 Å². The molecular weight excluding hydrogens is 232 g/mol. The molecule has 0 aromatic rings. The molecule has 0 aromatic heterocycles. The molecule has 4 aliphatic rings. The Bertz CT molecular complexity index is 308. The van der Waals surface area contributed by atoms with Crippen molar-refractivity contribution in [3.05, 3.63) is 0 Å². The van der Waals surface area contributed by atoms with Crippen molar-refractivity contribution < 1.29 is 4.79 Å². The van der Waals surface area contributed by atoms with Crippen LogP contribution in [0.25, 0.3) is 0 Å². The Kier molecular flexibility index (Phi) is 3.75. The van der Waals surface area contributed by atoms with Crippen molar-refractivity contribution in [1.82, 2.24) is 0 Å². The third-order valence-electron chi connectivity index (χ3n) is 6.09. The molecular formula is C18H30O. The first kappa shape index (κ1) is 13.6. The smallest absolute Gasteiger partial charge is 0.133 e. The Morgan fingerprint density at radius 3 is 2.11 bits per heavy atom. The van der Waals surface area contributed by atoms with Crippen LogP contribution in [0.4, 0.5) is 0 Å². The summed E-state index contributed by atoms with van der Waals surface area (Å²) in [7, 11) is 0. The molecule has 4 bridgehead atoms. The van der Waals surface area contributed by atoms with Gasteiger partial charge in [0.2, 0.25) is 0 Å². The van der Waals surface area contributed by atoms with E-state index in [1.54, 1.807) is 0 Å². The molecule has 4 fully saturated rings. The summed E-state index contributed by atoms with van der Waals surface area (Å²) in [5.41, 5.74) is 0.456. The first-order chi connectivity index (χ1) is 9.08. The van der Waals surface area contributed by atoms with Gasteiger partial charge in [-0.25, -0.2) is 0 Å². The van der Waals surface area contributed by atoms with Gasteiger partial charge in [-0.3, -0.25) is 4.79 Å². The van der Waals surface area contributed by atoms with Crippen LogP contribution in [0.3, 0.4) is 0 Å². The van der Waals surface area contributed by atoms with E-state index in [-0.39, 0.29) is 0 Å². The van der Waals surface area contributed by atoms with Crippen LogP contribution in [0, 0.1) is 29.1 Å². The summed E-state index contributed by atoms with van der Waals surface area (Å²) in [6, 6.07) is 0. The molecule has 1 atom stereocenters. The lowest BCUT2D eigenvalue weighted by molar-refractivity contribution is -0.128. The Morgan fingerprint density at radius 2 is 1.63 bits per heavy atom. The second kappa shape index (κ2) is 5.22. The standard InChI is InChI=1S/C18H30O/c1-3-4-13(2)5-17(19)12-18-9-14-6-15(10-18)8-16(7-14)11-18/h13-16H,3-12H2,1-2H3. The van der Waals surface area contributed by atoms with E-state index in [1.807, 2.05) is 0 Å². The second-order valence-corrected chi connectivity index (χ2v) is 8.23. The van der Waals surface area contributed by atoms with Crippen LogP contribution >= 0.6 is 0 Å². The molecule has 0 spiro atoms. The highest BCUT2D eigenvalue weighted by atomic mass is 16.1. The van der Waals surface area contributed by atoms with Crippen molar-refractivity contribution in [2.24, 2.45) is 29.1 Å². The molecule has 0 aromatic carbocycles. The monoisotopic (exact) mass is 262 g/mol. The van der Waals surface area contributed by atoms with Gasteiger partial charge in [-0.05, 0) is 67.6 Å². The third kappa shape index (κ3) is 2.90. The Hall–Kier alpha value is -0.330. The van der Waals surface area contributed by atoms with Crippen molar-refractivity contribution >= 4 is 5.78 Å². The topological polar surface area (TPSA) is 17.1 Å². The second-order valence-electron chi connectivity index (χ2n) is 8.23. The predicted octanol–water partition coefficient (Wildman–Crippen LogP) is 4.99. The lowest BCUT2D eigenvalue weighted by Crippen LogP contribution is -2.46. The zero-order chi connectivity index (χ0) is 13.5. The molecule has 0 amide bonds. The summed E-state index contributed by atoms with van der Waals surface area (Å²) in [4.78, 5) is 12.4. The molecule has 4 rings (SSSR count). The third-order valence-corrected chi connectivity index (χ3v) is 6.09. The summed E-state index contributed by atoms with van der Waals surface area (Å²) >= 11 is 0. The van der Waals surface area contributed by atoms with Gasteiger partial charge >= 0.3 is 0 Å². The number of ketones is 1. The number of hydrogen-bond acceptors (Lipinski definition) is 1. The van der Waals surface area contributed by atoms with E-state index in [1.165, 1.54) is 51.4 Å². The van der Waals surface area contributed by atoms with Gasteiger partial charge in [-0.1, -0.05) is 26.7 Å². The lowest BCUT2D eigenvalue weighted by atomic mass is 9.48. The fourth-order valence-corrected chi connectivity index (χ4v) is 5.98. The maximum Gasteiger partial charge on any atom is 0.133 e. The predicted molar refractivity (Wildman–Crippen MR) is 78.9 cm³/mol. The zero-order valence-electron chi connectivity index (χ0n) is 12.8. The van der Waals surface area contributed by atoms with Crippen LogP contribution in [0.5, 0.6) is 0 Å². The van der Waals surface area contributed by atoms with Crippen molar-refractivity contribution in [2.45, 2.75) is 78.1 Å². The quantitative estimate of drug-likeness (QED) is 0.659. The van der Waals surface area contributed by atoms with Crippen molar-refractivity contribution in [3.8, 4) is 0 Å². The van der Waals surface area contributed by atoms with E-state index < -0.39 is 0 Å². The van der Waals surface area contributed by atoms with Crippen LogP contribution < -0.4 is 0 Å². The van der Waals surface area contributed by atoms with E-state index in [4.69, 9.17) is 0 Å². The van der Waals surface area contributed by atoms with E-state index in [2.05, 4.69) is 13.8 Å². The molecule has 1 nitrogen and oxygen atoms in total. The molecule has 0 N–H and O–H groups in total. The molecule has 0 radical (unpaired) electrons. The molecule has 0 aliphatic heterocycles. The van der Waals surface area contributed by atoms with Crippen LogP contribution in [0.15, 0.2) is 0 Å². The summed E-state index contributed by atoms with van der Waals surface area (Å²) in [5, 5.41) is 0. The maximum atomic E-state index is 12.4. The van der Waals surface area contributed by atoms with Gasteiger partial charge in [0.05, 0.1) is 0 Å². The zero-order valence-corrected chi connectivity index (χ0v) is 12.8. The van der Waals surface area contributed by atoms with E-state index in [0.29, 0.717) is 17.1 Å². The highest BCUT2D eigenvalue weighted by Gasteiger charge is 2.51. The fourth-order valence-electron chi connectivity index (χ4n) is 5.98. The number of rotatable bonds is 6. The van der Waals surface area contributed by atoms with E-state index in [0.717, 1.165) is 30.6 Å². The SMILES string of the molecule is CCCC(C)CC(=O)CC12CC3CC(CC(C3)C1)C2. The average molecular weight is 262 g/mol. The Balaban J connectivity index is 1.58. The molecule has 19 heavy (non-hydrogen) atoms. The van der Waals surface area contributed by atoms with E-state index >= 15 is 0 Å². The Labute approximate surface area is 118 Å². The number of carbonyl (C=O) groups excluding carboxylic acids is 1. The summed E-state index contributed by atoms with van der Waals surface area (Å²) in [5.74, 6) is 4.11. The van der Waals surface area contributed by atoms with Crippen LogP contribution in [-0.4, -0.2) is 5.78 Å². The van der Waals surface area contributed by atoms with Crippen molar-refractivity contribution in [1.29, 1.82) is 0 Å². The number of hydrogen-bond donors (Lipinski definition) is 0. The van der Waals surface area contributed by atoms with Crippen LogP contribution in [-0.2, 0) is 4.79 Å². The largest absolute Gasteiger partial charge is 0.300 e. The minimum absolute atomic E-state index is 0.456. The molecule has 0 saturated heterocycles. The Morgan fingerprint density at radius 1 is 1.11 bits per heavy atom. The van der Waals surface area contributed by atoms with Gasteiger partial charge in [0.1, 0.15) is 5.78 Å². The van der Waals surface area contributed by atoms with Crippen LogP contribution in [0.2, 0.25) is 0 Å². The van der Waals surface area contributed by atoms with Gasteiger partial charge in [-0.15, -0.1) is 0 Å². The highest BCUT2D eigenvalue weighted by Crippen LogP contribution is 2.61. The lowest BCUT2D eigenvalue weighted by Gasteiger charge is -2.56. The summed E-state index contributed by atoms with van der Waals surface area (Å²) < 4.78 is 0. The normalized spacial score (nSPS) is 41.5. The first-order valence-electron chi connectivity index (χ1n) is 8.60. The minimum Gasteiger partial charge on any atom is -0.300 e. The van der Waals surface area contributed by atoms with Crippen molar-refractivity contribution in [2.75, 3.05) is 0 Å². The molecule has 1 heteroatoms. The summed E-state index contributed by atoms with van der Waals surface area (Å²) in [6.45, 7) is 4.47. The van der Waals surface area contributed by atoms with Crippen LogP contribution in [0.1, 0.15) is 78.1 Å². The van der Waals surface area contributed by atoms with E-state index in [9.17, 15) is 4.79 Å². The summed E-state index contributed by atoms with van der Waals surface area (Å²) in [6.07, 6.45) is 12.8. The first-order valence-corrected chi connectivity index (χ1v) is 8.60. The minimum atomic E-state index is 0.456. The molecule has 4 saturated carbocycles. The number of Topliss-reactive ketones (excluding diaryl/α,β-unsaturated/α-hetero) is 1. The van der Waals surface area contributed by atoms with Gasteiger partial charge in [0.25, 0.3) is 0 Å². The number of carbonyl (C=O) groups is 1. The average Bonchev–Trinajstić information content (AvgIpc) is 2.25. The van der Waals surface area contributed by atoms with Gasteiger partial charge in [0.15, 0.2) is 0 Å². The molecule has 0 heterocycles. The van der Waals surface area contributed by atoms with Gasteiger partial charge in [-0.2, -0.15) is 0 Å². The fraction of sp³-hybridized carbons (Fsp3) is 0.944. The van der Waals surface area contributed by atoms with Gasteiger partial charge in [0, 0.05) is 12.8 Å². The molecule has 4 aliphatic carbocycles. The molecule has 108 valence electrons. The van der Waals surface area contributed by atoms with Crippen molar-refractivity contribution in [3.63, 3.8) is 0 Å².